The molecule has 0 saturated heterocycles. The van der Waals surface area contributed by atoms with Crippen molar-refractivity contribution in [1.29, 1.82) is 0 Å². The zero-order valence-electron chi connectivity index (χ0n) is 22.0. The number of anilines is 2. The van der Waals surface area contributed by atoms with E-state index < -0.39 is 5.92 Å². The zero-order chi connectivity index (χ0) is 27.0. The van der Waals surface area contributed by atoms with Crippen LogP contribution in [0.5, 0.6) is 11.5 Å². The first-order valence-electron chi connectivity index (χ1n) is 13.3. The molecule has 1 heterocycles. The van der Waals surface area contributed by atoms with Crippen molar-refractivity contribution in [3.8, 4) is 11.5 Å². The summed E-state index contributed by atoms with van der Waals surface area (Å²) in [5, 5.41) is 3.07. The van der Waals surface area contributed by atoms with E-state index in [1.165, 1.54) is 5.56 Å². The highest BCUT2D eigenvalue weighted by molar-refractivity contribution is 6.01. The molecule has 198 valence electrons. The number of amides is 2. The SMILES string of the molecule is Cc1ccc(OCCCCN2C(=O)COc3ccc(NC(=O)C(c4ccccc4)c4ccccc4)cc32)cc1. The molecule has 0 spiro atoms. The minimum Gasteiger partial charge on any atom is -0.494 e. The molecule has 4 aromatic rings. The summed E-state index contributed by atoms with van der Waals surface area (Å²) in [5.74, 6) is 0.766. The Kier molecular flexibility index (Phi) is 8.22. The number of ether oxygens (including phenoxy) is 2. The fourth-order valence-electron chi connectivity index (χ4n) is 4.72. The van der Waals surface area contributed by atoms with Crippen LogP contribution in [0.4, 0.5) is 11.4 Å². The lowest BCUT2D eigenvalue weighted by Crippen LogP contribution is -2.39. The minimum atomic E-state index is -0.467. The average Bonchev–Trinajstić information content (AvgIpc) is 2.96. The minimum absolute atomic E-state index is 0.00264. The van der Waals surface area contributed by atoms with Gasteiger partial charge in [-0.1, -0.05) is 78.4 Å². The van der Waals surface area contributed by atoms with Gasteiger partial charge in [0.25, 0.3) is 5.91 Å². The zero-order valence-corrected chi connectivity index (χ0v) is 22.0. The highest BCUT2D eigenvalue weighted by Crippen LogP contribution is 2.35. The van der Waals surface area contributed by atoms with E-state index in [0.29, 0.717) is 30.3 Å². The monoisotopic (exact) mass is 520 g/mol. The van der Waals surface area contributed by atoms with Crippen LogP contribution in [0.25, 0.3) is 0 Å². The van der Waals surface area contributed by atoms with Gasteiger partial charge in [0.05, 0.1) is 18.2 Å². The maximum Gasteiger partial charge on any atom is 0.265 e. The molecule has 0 radical (unpaired) electrons. The quantitative estimate of drug-likeness (QED) is 0.248. The van der Waals surface area contributed by atoms with Crippen molar-refractivity contribution in [2.45, 2.75) is 25.7 Å². The lowest BCUT2D eigenvalue weighted by molar-refractivity contribution is -0.121. The summed E-state index contributed by atoms with van der Waals surface area (Å²) >= 11 is 0. The molecule has 0 aliphatic carbocycles. The Morgan fingerprint density at radius 3 is 2.23 bits per heavy atom. The van der Waals surface area contributed by atoms with E-state index >= 15 is 0 Å². The summed E-state index contributed by atoms with van der Waals surface area (Å²) in [6.45, 7) is 3.16. The van der Waals surface area contributed by atoms with Gasteiger partial charge in [-0.25, -0.2) is 0 Å². The summed E-state index contributed by atoms with van der Waals surface area (Å²) in [6.07, 6.45) is 1.58. The second kappa shape index (κ2) is 12.3. The van der Waals surface area contributed by atoms with E-state index in [0.717, 1.165) is 29.7 Å². The van der Waals surface area contributed by atoms with Crippen LogP contribution in [0.15, 0.2) is 103 Å². The van der Waals surface area contributed by atoms with E-state index in [4.69, 9.17) is 9.47 Å². The van der Waals surface area contributed by atoms with Gasteiger partial charge in [0.2, 0.25) is 5.91 Å². The van der Waals surface area contributed by atoms with Gasteiger partial charge in [-0.15, -0.1) is 0 Å². The van der Waals surface area contributed by atoms with Crippen molar-refractivity contribution in [1.82, 2.24) is 0 Å². The Bertz CT molecular complexity index is 1370. The first-order chi connectivity index (χ1) is 19.1. The van der Waals surface area contributed by atoms with Crippen LogP contribution in [0, 0.1) is 6.92 Å². The number of carbonyl (C=O) groups excluding carboxylic acids is 2. The van der Waals surface area contributed by atoms with Gasteiger partial charge in [-0.05, 0) is 61.2 Å². The largest absolute Gasteiger partial charge is 0.494 e. The van der Waals surface area contributed by atoms with Gasteiger partial charge in [0, 0.05) is 12.2 Å². The van der Waals surface area contributed by atoms with E-state index in [-0.39, 0.29) is 18.4 Å². The molecule has 1 aliphatic rings. The highest BCUT2D eigenvalue weighted by Gasteiger charge is 2.27. The number of hydrogen-bond acceptors (Lipinski definition) is 4. The van der Waals surface area contributed by atoms with Crippen molar-refractivity contribution in [2.24, 2.45) is 0 Å². The van der Waals surface area contributed by atoms with E-state index in [2.05, 4.69) is 5.32 Å². The molecule has 4 aromatic carbocycles. The van der Waals surface area contributed by atoms with E-state index in [9.17, 15) is 9.59 Å². The molecule has 5 rings (SSSR count). The predicted octanol–water partition coefficient (Wildman–Crippen LogP) is 6.35. The Hall–Kier alpha value is -4.58. The fraction of sp³-hybridized carbons (Fsp3) is 0.212. The molecule has 0 fully saturated rings. The van der Waals surface area contributed by atoms with Crippen molar-refractivity contribution in [3.05, 3.63) is 120 Å². The van der Waals surface area contributed by atoms with Crippen molar-refractivity contribution >= 4 is 23.2 Å². The summed E-state index contributed by atoms with van der Waals surface area (Å²) in [6, 6.07) is 32.9. The number of hydrogen-bond donors (Lipinski definition) is 1. The lowest BCUT2D eigenvalue weighted by atomic mass is 9.90. The fourth-order valence-corrected chi connectivity index (χ4v) is 4.72. The second-order valence-electron chi connectivity index (χ2n) is 9.63. The third-order valence-electron chi connectivity index (χ3n) is 6.76. The molecule has 1 aliphatic heterocycles. The molecule has 39 heavy (non-hydrogen) atoms. The van der Waals surface area contributed by atoms with E-state index in [1.807, 2.05) is 110 Å². The van der Waals surface area contributed by atoms with Crippen molar-refractivity contribution in [2.75, 3.05) is 30.0 Å². The van der Waals surface area contributed by atoms with Crippen LogP contribution in [-0.4, -0.2) is 31.6 Å². The second-order valence-corrected chi connectivity index (χ2v) is 9.63. The number of benzene rings is 4. The average molecular weight is 521 g/mol. The molecule has 0 unspecified atom stereocenters. The third kappa shape index (κ3) is 6.47. The van der Waals surface area contributed by atoms with Crippen LogP contribution < -0.4 is 19.7 Å². The van der Waals surface area contributed by atoms with Crippen LogP contribution >= 0.6 is 0 Å². The number of aryl methyl sites for hydroxylation is 1. The van der Waals surface area contributed by atoms with Crippen LogP contribution in [0.2, 0.25) is 0 Å². The Morgan fingerprint density at radius 2 is 1.56 bits per heavy atom. The number of nitrogens with one attached hydrogen (secondary N) is 1. The molecule has 6 nitrogen and oxygen atoms in total. The Balaban J connectivity index is 1.26. The van der Waals surface area contributed by atoms with Gasteiger partial charge >= 0.3 is 0 Å². The lowest BCUT2D eigenvalue weighted by Gasteiger charge is -2.30. The van der Waals surface area contributed by atoms with Gasteiger partial charge < -0.3 is 19.7 Å². The standard InChI is InChI=1S/C33H32N2O4/c1-24-14-17-28(18-15-24)38-21-9-8-20-35-29-22-27(16-19-30(29)39-23-31(35)36)34-33(37)32(25-10-4-2-5-11-25)26-12-6-3-7-13-26/h2-7,10-19,22,32H,8-9,20-21,23H2,1H3,(H,34,37). The molecule has 0 saturated carbocycles. The molecule has 0 aromatic heterocycles. The summed E-state index contributed by atoms with van der Waals surface area (Å²) in [7, 11) is 0. The summed E-state index contributed by atoms with van der Waals surface area (Å²) in [4.78, 5) is 28.1. The first kappa shape index (κ1) is 26.0. The molecular formula is C33H32N2O4. The number of unbranched alkanes of at least 4 members (excludes halogenated alkanes) is 1. The van der Waals surface area contributed by atoms with Crippen molar-refractivity contribution in [3.63, 3.8) is 0 Å². The van der Waals surface area contributed by atoms with Gasteiger partial charge in [0.15, 0.2) is 6.61 Å². The molecular weight excluding hydrogens is 488 g/mol. The van der Waals surface area contributed by atoms with Crippen molar-refractivity contribution < 1.29 is 19.1 Å². The number of rotatable bonds is 10. The number of fused-ring (bicyclic) bond motifs is 1. The predicted molar refractivity (Wildman–Crippen MR) is 154 cm³/mol. The topological polar surface area (TPSA) is 67.9 Å². The molecule has 2 amide bonds. The Morgan fingerprint density at radius 1 is 0.897 bits per heavy atom. The maximum atomic E-state index is 13.6. The maximum absolute atomic E-state index is 13.6. The Labute approximate surface area is 229 Å². The number of nitrogens with zero attached hydrogens (tertiary/aromatic N) is 1. The number of carbonyl (C=O) groups is 2. The van der Waals surface area contributed by atoms with Crippen LogP contribution in [-0.2, 0) is 9.59 Å². The van der Waals surface area contributed by atoms with Crippen LogP contribution in [0.1, 0.15) is 35.4 Å². The van der Waals surface area contributed by atoms with Gasteiger partial charge in [0.1, 0.15) is 11.5 Å². The molecule has 6 heteroatoms. The first-order valence-corrected chi connectivity index (χ1v) is 13.3. The van der Waals surface area contributed by atoms with E-state index in [1.54, 1.807) is 4.90 Å². The highest BCUT2D eigenvalue weighted by atomic mass is 16.5. The summed E-state index contributed by atoms with van der Waals surface area (Å²) in [5.41, 5.74) is 4.29. The molecule has 0 atom stereocenters. The summed E-state index contributed by atoms with van der Waals surface area (Å²) < 4.78 is 11.5. The molecule has 1 N–H and O–H groups in total. The van der Waals surface area contributed by atoms with Gasteiger partial charge in [-0.2, -0.15) is 0 Å². The molecule has 0 bridgehead atoms. The normalized spacial score (nSPS) is 12.6. The van der Waals surface area contributed by atoms with Crippen LogP contribution in [0.3, 0.4) is 0 Å². The smallest absolute Gasteiger partial charge is 0.265 e. The third-order valence-corrected chi connectivity index (χ3v) is 6.76. The van der Waals surface area contributed by atoms with Gasteiger partial charge in [-0.3, -0.25) is 9.59 Å².